The second-order valence-corrected chi connectivity index (χ2v) is 8.49. The summed E-state index contributed by atoms with van der Waals surface area (Å²) < 4.78 is 40.6. The first kappa shape index (κ1) is 25.3. The molecule has 6 nitrogen and oxygen atoms in total. The normalized spacial score (nSPS) is 11.2. The maximum absolute atomic E-state index is 13.5. The van der Waals surface area contributed by atoms with Crippen LogP contribution in [0.25, 0.3) is 0 Å². The van der Waals surface area contributed by atoms with Crippen LogP contribution < -0.4 is 35.0 Å². The van der Waals surface area contributed by atoms with E-state index < -0.39 is 21.7 Å². The van der Waals surface area contributed by atoms with Crippen molar-refractivity contribution in [1.82, 2.24) is 9.79 Å². The van der Waals surface area contributed by atoms with E-state index >= 15 is 0 Å². The number of hydrogen-bond donors (Lipinski definition) is 2. The van der Waals surface area contributed by atoms with Gasteiger partial charge in [0.2, 0.25) is 15.9 Å². The van der Waals surface area contributed by atoms with Crippen LogP contribution in [0.2, 0.25) is 10.0 Å². The smallest absolute Gasteiger partial charge is 0.289 e. The molecule has 0 aliphatic carbocycles. The molecule has 0 spiro atoms. The average Bonchev–Trinajstić information content (AvgIpc) is 2.62. The maximum Gasteiger partial charge on any atom is 1.00 e. The number of aryl methyl sites for hydroxylation is 1. The molecule has 0 aliphatic heterocycles. The number of carbonyl (C=O) groups excluding carboxylic acids is 1. The molecule has 2 aromatic rings. The Bertz CT molecular complexity index is 940. The standard InChI is InChI=1S/C17H17Cl2FN2O4S.Na/c1-11-9-12(5-6-16(11)20)27(25,26)22(8-7-17(23)21-24)10-13-14(18)3-2-4-15(13)19;/h2-6,9,24H,7-8,10H2,1H3,(H,21,23);/q;+1. The molecule has 0 atom stereocenters. The van der Waals surface area contributed by atoms with E-state index in [2.05, 4.69) is 0 Å². The average molecular weight is 458 g/mol. The van der Waals surface area contributed by atoms with E-state index in [1.807, 2.05) is 0 Å². The largest absolute Gasteiger partial charge is 1.00 e. The summed E-state index contributed by atoms with van der Waals surface area (Å²) in [4.78, 5) is 11.2. The van der Waals surface area contributed by atoms with Gasteiger partial charge in [0, 0.05) is 35.1 Å². The molecule has 0 bridgehead atoms. The van der Waals surface area contributed by atoms with Crippen molar-refractivity contribution < 1.29 is 52.4 Å². The van der Waals surface area contributed by atoms with E-state index in [1.54, 1.807) is 18.2 Å². The monoisotopic (exact) mass is 457 g/mol. The molecule has 146 valence electrons. The molecule has 0 fully saturated rings. The zero-order chi connectivity index (χ0) is 20.2. The molecular formula is C17H17Cl2FN2NaO4S+. The number of nitrogens with one attached hydrogen (secondary N) is 1. The Morgan fingerprint density at radius 1 is 1.21 bits per heavy atom. The van der Waals surface area contributed by atoms with Gasteiger partial charge in [-0.1, -0.05) is 29.3 Å². The van der Waals surface area contributed by atoms with E-state index in [0.717, 1.165) is 16.4 Å². The Morgan fingerprint density at radius 2 is 1.82 bits per heavy atom. The fourth-order valence-corrected chi connectivity index (χ4v) is 4.36. The Labute approximate surface area is 194 Å². The first-order valence-electron chi connectivity index (χ1n) is 7.79. The summed E-state index contributed by atoms with van der Waals surface area (Å²) in [7, 11) is -4.09. The molecule has 0 unspecified atom stereocenters. The van der Waals surface area contributed by atoms with Crippen LogP contribution >= 0.6 is 23.2 Å². The number of nitrogens with zero attached hydrogens (tertiary/aromatic N) is 1. The van der Waals surface area contributed by atoms with Gasteiger partial charge >= 0.3 is 29.6 Å². The molecule has 1 amide bonds. The van der Waals surface area contributed by atoms with Crippen molar-refractivity contribution in [3.05, 3.63) is 63.4 Å². The number of hydrogen-bond acceptors (Lipinski definition) is 4. The summed E-state index contributed by atoms with van der Waals surface area (Å²) >= 11 is 12.3. The van der Waals surface area contributed by atoms with Crippen molar-refractivity contribution in [2.75, 3.05) is 6.54 Å². The Morgan fingerprint density at radius 3 is 2.36 bits per heavy atom. The minimum absolute atomic E-state index is 0. The summed E-state index contributed by atoms with van der Waals surface area (Å²) in [6.07, 6.45) is -0.294. The van der Waals surface area contributed by atoms with Crippen LogP contribution in [-0.2, 0) is 21.4 Å². The van der Waals surface area contributed by atoms with Crippen molar-refractivity contribution in [3.63, 3.8) is 0 Å². The van der Waals surface area contributed by atoms with Gasteiger partial charge in [-0.25, -0.2) is 18.3 Å². The molecule has 11 heteroatoms. The van der Waals surface area contributed by atoms with E-state index in [9.17, 15) is 17.6 Å². The maximum atomic E-state index is 13.5. The van der Waals surface area contributed by atoms with Gasteiger partial charge in [-0.05, 0) is 42.8 Å². The quantitative estimate of drug-likeness (QED) is 0.360. The number of carbonyl (C=O) groups is 1. The predicted molar refractivity (Wildman–Crippen MR) is 99.7 cm³/mol. The van der Waals surface area contributed by atoms with Crippen LogP contribution in [-0.4, -0.2) is 30.4 Å². The topological polar surface area (TPSA) is 86.7 Å². The van der Waals surface area contributed by atoms with Gasteiger partial charge in [0.1, 0.15) is 5.82 Å². The summed E-state index contributed by atoms with van der Waals surface area (Å²) in [6.45, 7) is 1.01. The van der Waals surface area contributed by atoms with Gasteiger partial charge in [0.05, 0.1) is 4.90 Å². The summed E-state index contributed by atoms with van der Waals surface area (Å²) in [6, 6.07) is 8.16. The molecule has 28 heavy (non-hydrogen) atoms. The van der Waals surface area contributed by atoms with Crippen LogP contribution in [0.15, 0.2) is 41.3 Å². The summed E-state index contributed by atoms with van der Waals surface area (Å²) in [5, 5.41) is 9.20. The van der Waals surface area contributed by atoms with Gasteiger partial charge in [0.15, 0.2) is 0 Å². The van der Waals surface area contributed by atoms with Gasteiger partial charge in [-0.15, -0.1) is 0 Å². The van der Waals surface area contributed by atoms with E-state index in [-0.39, 0.29) is 69.6 Å². The number of amides is 1. The molecular weight excluding hydrogens is 441 g/mol. The third-order valence-electron chi connectivity index (χ3n) is 3.88. The van der Waals surface area contributed by atoms with Crippen molar-refractivity contribution in [1.29, 1.82) is 0 Å². The van der Waals surface area contributed by atoms with E-state index in [1.165, 1.54) is 18.5 Å². The van der Waals surface area contributed by atoms with Crippen LogP contribution in [0.4, 0.5) is 4.39 Å². The van der Waals surface area contributed by atoms with Crippen molar-refractivity contribution in [2.45, 2.75) is 24.8 Å². The molecule has 0 saturated carbocycles. The van der Waals surface area contributed by atoms with Crippen molar-refractivity contribution >= 4 is 39.1 Å². The third-order valence-corrected chi connectivity index (χ3v) is 6.43. The van der Waals surface area contributed by atoms with Gasteiger partial charge in [-0.3, -0.25) is 10.0 Å². The minimum atomic E-state index is -4.09. The van der Waals surface area contributed by atoms with Gasteiger partial charge < -0.3 is 0 Å². The van der Waals surface area contributed by atoms with Crippen molar-refractivity contribution in [3.8, 4) is 0 Å². The van der Waals surface area contributed by atoms with Crippen LogP contribution in [0.3, 0.4) is 0 Å². The molecule has 2 rings (SSSR count). The molecule has 2 aromatic carbocycles. The second-order valence-electron chi connectivity index (χ2n) is 5.73. The van der Waals surface area contributed by atoms with Gasteiger partial charge in [-0.2, -0.15) is 4.31 Å². The van der Waals surface area contributed by atoms with E-state index in [0.29, 0.717) is 5.56 Å². The zero-order valence-corrected chi connectivity index (χ0v) is 19.6. The molecule has 0 radical (unpaired) electrons. The minimum Gasteiger partial charge on any atom is -0.289 e. The Hall–Kier alpha value is -0.710. The summed E-state index contributed by atoms with van der Waals surface area (Å²) in [5.74, 6) is -1.29. The molecule has 0 saturated heterocycles. The SMILES string of the molecule is Cc1cc(S(=O)(=O)N(CCC(=O)NO)Cc2c(Cl)cccc2Cl)ccc1F.[Na+]. The van der Waals surface area contributed by atoms with Crippen LogP contribution in [0, 0.1) is 12.7 Å². The predicted octanol–water partition coefficient (Wildman–Crippen LogP) is 0.531. The summed E-state index contributed by atoms with van der Waals surface area (Å²) in [5.41, 5.74) is 1.99. The fourth-order valence-electron chi connectivity index (χ4n) is 2.35. The van der Waals surface area contributed by atoms with Crippen LogP contribution in [0.5, 0.6) is 0 Å². The molecule has 0 aliphatic rings. The van der Waals surface area contributed by atoms with Crippen LogP contribution in [0.1, 0.15) is 17.5 Å². The number of hydroxylamine groups is 1. The molecule has 2 N–H and O–H groups in total. The number of halogens is 3. The molecule has 0 aromatic heterocycles. The third kappa shape index (κ3) is 6.14. The second kappa shape index (κ2) is 10.9. The number of sulfonamides is 1. The van der Waals surface area contributed by atoms with Crippen molar-refractivity contribution in [2.24, 2.45) is 0 Å². The Balaban J connectivity index is 0.00000392. The number of benzene rings is 2. The first-order chi connectivity index (χ1) is 12.7. The first-order valence-corrected chi connectivity index (χ1v) is 9.98. The number of rotatable bonds is 7. The molecule has 0 heterocycles. The van der Waals surface area contributed by atoms with Gasteiger partial charge in [0.25, 0.3) is 0 Å². The van der Waals surface area contributed by atoms with E-state index in [4.69, 9.17) is 28.4 Å². The zero-order valence-electron chi connectivity index (χ0n) is 15.2. The Kier molecular flexibility index (Phi) is 9.85. The fraction of sp³-hybridized carbons (Fsp3) is 0.235.